The van der Waals surface area contributed by atoms with Gasteiger partial charge in [-0.25, -0.2) is 0 Å². The molecule has 0 radical (unpaired) electrons. The van der Waals surface area contributed by atoms with Crippen LogP contribution in [0.4, 0.5) is 0 Å². The minimum atomic E-state index is -0.701. The molecule has 4 nitrogen and oxygen atoms in total. The van der Waals surface area contributed by atoms with Gasteiger partial charge in [-0.2, -0.15) is 0 Å². The molecule has 1 saturated heterocycles. The summed E-state index contributed by atoms with van der Waals surface area (Å²) in [6.07, 6.45) is 3.94. The Labute approximate surface area is 90.4 Å². The van der Waals surface area contributed by atoms with E-state index < -0.39 is 11.4 Å². The zero-order valence-corrected chi connectivity index (χ0v) is 9.28. The van der Waals surface area contributed by atoms with Crippen LogP contribution in [0.25, 0.3) is 0 Å². The van der Waals surface area contributed by atoms with Gasteiger partial charge < -0.3 is 15.7 Å². The van der Waals surface area contributed by atoms with Crippen LogP contribution in [0.5, 0.6) is 0 Å². The van der Waals surface area contributed by atoms with Crippen molar-refractivity contribution in [3.63, 3.8) is 0 Å². The molecule has 0 amide bonds. The number of piperidine rings is 1. The summed E-state index contributed by atoms with van der Waals surface area (Å²) >= 11 is 0. The van der Waals surface area contributed by atoms with Crippen LogP contribution in [0.15, 0.2) is 0 Å². The quantitative estimate of drug-likeness (QED) is 0.715. The third-order valence-corrected chi connectivity index (χ3v) is 3.86. The maximum Gasteiger partial charge on any atom is 0.312 e. The van der Waals surface area contributed by atoms with Crippen molar-refractivity contribution in [1.29, 1.82) is 0 Å². The van der Waals surface area contributed by atoms with Gasteiger partial charge in [0.1, 0.15) is 0 Å². The molecule has 2 unspecified atom stereocenters. The summed E-state index contributed by atoms with van der Waals surface area (Å²) in [7, 11) is 1.98. The van der Waals surface area contributed by atoms with Gasteiger partial charge in [-0.15, -0.1) is 0 Å². The summed E-state index contributed by atoms with van der Waals surface area (Å²) in [6.45, 7) is 1.53. The number of carboxylic acids is 1. The van der Waals surface area contributed by atoms with E-state index in [1.165, 1.54) is 12.8 Å². The molecule has 15 heavy (non-hydrogen) atoms. The van der Waals surface area contributed by atoms with Gasteiger partial charge in [-0.1, -0.05) is 12.8 Å². The molecule has 0 aromatic rings. The zero-order chi connectivity index (χ0) is 11.1. The first-order chi connectivity index (χ1) is 7.04. The zero-order valence-electron chi connectivity index (χ0n) is 9.28. The number of hydrogen-bond acceptors (Lipinski definition) is 3. The number of likely N-dealkylation sites (tertiary alicyclic amines) is 1. The van der Waals surface area contributed by atoms with Crippen LogP contribution in [0.1, 0.15) is 25.7 Å². The SMILES string of the molecule is CN1CCC(N)C(CC2CC2)(C(=O)O)C1. The minimum absolute atomic E-state index is 0.174. The average molecular weight is 212 g/mol. The first kappa shape index (κ1) is 10.9. The molecular weight excluding hydrogens is 192 g/mol. The molecule has 1 aliphatic heterocycles. The molecule has 1 heterocycles. The Morgan fingerprint density at radius 1 is 1.53 bits per heavy atom. The van der Waals surface area contributed by atoms with Crippen molar-refractivity contribution in [3.8, 4) is 0 Å². The summed E-state index contributed by atoms with van der Waals surface area (Å²) in [4.78, 5) is 13.6. The van der Waals surface area contributed by atoms with E-state index in [4.69, 9.17) is 5.73 Å². The highest BCUT2D eigenvalue weighted by atomic mass is 16.4. The fourth-order valence-electron chi connectivity index (χ4n) is 2.68. The molecule has 3 N–H and O–H groups in total. The van der Waals surface area contributed by atoms with Crippen LogP contribution in [0.3, 0.4) is 0 Å². The highest BCUT2D eigenvalue weighted by molar-refractivity contribution is 5.76. The maximum atomic E-state index is 11.5. The van der Waals surface area contributed by atoms with Crippen molar-refractivity contribution in [1.82, 2.24) is 4.90 Å². The third-order valence-electron chi connectivity index (χ3n) is 3.86. The van der Waals surface area contributed by atoms with Gasteiger partial charge in [0, 0.05) is 12.6 Å². The van der Waals surface area contributed by atoms with Crippen molar-refractivity contribution in [3.05, 3.63) is 0 Å². The highest BCUT2D eigenvalue weighted by Crippen LogP contribution is 2.44. The van der Waals surface area contributed by atoms with Crippen molar-refractivity contribution in [2.75, 3.05) is 20.1 Å². The Kier molecular flexibility index (Phi) is 2.73. The molecule has 86 valence electrons. The van der Waals surface area contributed by atoms with E-state index >= 15 is 0 Å². The number of aliphatic carboxylic acids is 1. The van der Waals surface area contributed by atoms with Crippen LogP contribution in [-0.2, 0) is 4.79 Å². The molecule has 0 aromatic heterocycles. The fourth-order valence-corrected chi connectivity index (χ4v) is 2.68. The van der Waals surface area contributed by atoms with Crippen molar-refractivity contribution in [2.24, 2.45) is 17.1 Å². The van der Waals surface area contributed by atoms with Crippen molar-refractivity contribution < 1.29 is 9.90 Å². The Bertz CT molecular complexity index is 261. The van der Waals surface area contributed by atoms with Crippen LogP contribution in [-0.4, -0.2) is 42.2 Å². The molecule has 1 saturated carbocycles. The standard InChI is InChI=1S/C11H20N2O2/c1-13-5-4-9(12)11(7-13,10(14)15)6-8-2-3-8/h8-9H,2-7,12H2,1H3,(H,14,15). The Hall–Kier alpha value is -0.610. The van der Waals surface area contributed by atoms with Crippen LogP contribution in [0, 0.1) is 11.3 Å². The smallest absolute Gasteiger partial charge is 0.312 e. The molecule has 2 fully saturated rings. The molecule has 2 aliphatic rings. The lowest BCUT2D eigenvalue weighted by atomic mass is 9.72. The lowest BCUT2D eigenvalue weighted by Gasteiger charge is -2.43. The number of carbonyl (C=O) groups is 1. The monoisotopic (exact) mass is 212 g/mol. The first-order valence-electron chi connectivity index (χ1n) is 5.72. The molecule has 0 bridgehead atoms. The Morgan fingerprint density at radius 2 is 2.20 bits per heavy atom. The van der Waals surface area contributed by atoms with E-state index in [1.54, 1.807) is 0 Å². The lowest BCUT2D eigenvalue weighted by Crippen LogP contribution is -2.58. The molecule has 2 rings (SSSR count). The van der Waals surface area contributed by atoms with Crippen molar-refractivity contribution >= 4 is 5.97 Å². The van der Waals surface area contributed by atoms with E-state index in [0.29, 0.717) is 12.5 Å². The second-order valence-electron chi connectivity index (χ2n) is 5.24. The van der Waals surface area contributed by atoms with E-state index in [1.807, 2.05) is 7.05 Å². The second kappa shape index (κ2) is 3.76. The molecule has 0 spiro atoms. The summed E-state index contributed by atoms with van der Waals surface area (Å²) in [5.41, 5.74) is 5.36. The van der Waals surface area contributed by atoms with Gasteiger partial charge in [0.2, 0.25) is 0 Å². The van der Waals surface area contributed by atoms with Gasteiger partial charge in [0.15, 0.2) is 0 Å². The van der Waals surface area contributed by atoms with E-state index in [9.17, 15) is 9.90 Å². The second-order valence-corrected chi connectivity index (χ2v) is 5.24. The Morgan fingerprint density at radius 3 is 2.73 bits per heavy atom. The largest absolute Gasteiger partial charge is 0.481 e. The lowest BCUT2D eigenvalue weighted by molar-refractivity contribution is -0.154. The number of carboxylic acid groups (broad SMARTS) is 1. The summed E-state index contributed by atoms with van der Waals surface area (Å²) in [6, 6.07) is -0.174. The summed E-state index contributed by atoms with van der Waals surface area (Å²) < 4.78 is 0. The number of rotatable bonds is 3. The molecule has 0 aromatic carbocycles. The van der Waals surface area contributed by atoms with Crippen LogP contribution >= 0.6 is 0 Å². The van der Waals surface area contributed by atoms with E-state index in [-0.39, 0.29) is 6.04 Å². The molecule has 2 atom stereocenters. The maximum absolute atomic E-state index is 11.5. The molecular formula is C11H20N2O2. The normalized spacial score (nSPS) is 37.9. The van der Waals surface area contributed by atoms with Gasteiger partial charge in [-0.3, -0.25) is 4.79 Å². The van der Waals surface area contributed by atoms with Gasteiger partial charge >= 0.3 is 5.97 Å². The minimum Gasteiger partial charge on any atom is -0.481 e. The predicted molar refractivity (Wildman–Crippen MR) is 57.5 cm³/mol. The number of nitrogens with zero attached hydrogens (tertiary/aromatic N) is 1. The predicted octanol–water partition coefficient (Wildman–Crippen LogP) is 0.520. The van der Waals surface area contributed by atoms with E-state index in [2.05, 4.69) is 4.90 Å². The summed E-state index contributed by atoms with van der Waals surface area (Å²) in [5, 5.41) is 9.45. The van der Waals surface area contributed by atoms with Gasteiger partial charge in [0.05, 0.1) is 5.41 Å². The average Bonchev–Trinajstić information content (AvgIpc) is 2.95. The number of hydrogen-bond donors (Lipinski definition) is 2. The van der Waals surface area contributed by atoms with Gasteiger partial charge in [-0.05, 0) is 32.4 Å². The van der Waals surface area contributed by atoms with E-state index in [0.717, 1.165) is 19.4 Å². The third kappa shape index (κ3) is 2.01. The first-order valence-corrected chi connectivity index (χ1v) is 5.72. The Balaban J connectivity index is 2.16. The van der Waals surface area contributed by atoms with Crippen molar-refractivity contribution in [2.45, 2.75) is 31.7 Å². The topological polar surface area (TPSA) is 66.6 Å². The van der Waals surface area contributed by atoms with Crippen LogP contribution < -0.4 is 5.73 Å². The van der Waals surface area contributed by atoms with Gasteiger partial charge in [0.25, 0.3) is 0 Å². The highest BCUT2D eigenvalue weighted by Gasteiger charge is 2.49. The van der Waals surface area contributed by atoms with Crippen LogP contribution in [0.2, 0.25) is 0 Å². The fraction of sp³-hybridized carbons (Fsp3) is 0.909. The number of nitrogens with two attached hydrogens (primary N) is 1. The molecule has 1 aliphatic carbocycles. The molecule has 4 heteroatoms. The summed E-state index contributed by atoms with van der Waals surface area (Å²) in [5.74, 6) is -0.0906.